The van der Waals surface area contributed by atoms with Crippen molar-refractivity contribution >= 4 is 33.4 Å². The summed E-state index contributed by atoms with van der Waals surface area (Å²) < 4.78 is 0.875. The van der Waals surface area contributed by atoms with Crippen LogP contribution in [0, 0.1) is 11.8 Å². The van der Waals surface area contributed by atoms with Crippen LogP contribution in [-0.2, 0) is 9.59 Å². The van der Waals surface area contributed by atoms with Crippen molar-refractivity contribution in [2.75, 3.05) is 24.5 Å². The predicted molar refractivity (Wildman–Crippen MR) is 93.2 cm³/mol. The van der Waals surface area contributed by atoms with Gasteiger partial charge in [-0.3, -0.25) is 9.59 Å². The molecule has 0 saturated carbocycles. The van der Waals surface area contributed by atoms with E-state index < -0.39 is 0 Å². The van der Waals surface area contributed by atoms with E-state index in [9.17, 15) is 9.59 Å². The zero-order chi connectivity index (χ0) is 16.4. The second kappa shape index (κ2) is 7.01. The number of amides is 2. The fourth-order valence-corrected chi connectivity index (χ4v) is 3.77. The topological polar surface area (TPSA) is 61.4 Å². The third-order valence-corrected chi connectivity index (χ3v) is 5.46. The van der Waals surface area contributed by atoms with Crippen molar-refractivity contribution in [1.29, 1.82) is 0 Å². The van der Waals surface area contributed by atoms with Gasteiger partial charge in [0.2, 0.25) is 11.8 Å². The Morgan fingerprint density at radius 2 is 2.17 bits per heavy atom. The Morgan fingerprint density at radius 1 is 1.39 bits per heavy atom. The van der Waals surface area contributed by atoms with E-state index in [1.54, 1.807) is 4.90 Å². The molecular formula is C17H22BrN3O2. The molecule has 2 heterocycles. The van der Waals surface area contributed by atoms with Crippen LogP contribution in [-0.4, -0.2) is 37.5 Å². The second-order valence-corrected chi connectivity index (χ2v) is 7.30. The zero-order valence-corrected chi connectivity index (χ0v) is 14.8. The van der Waals surface area contributed by atoms with Gasteiger partial charge in [-0.1, -0.05) is 19.1 Å². The van der Waals surface area contributed by atoms with E-state index >= 15 is 0 Å². The lowest BCUT2D eigenvalue weighted by molar-refractivity contribution is -0.127. The first-order valence-electron chi connectivity index (χ1n) is 8.12. The van der Waals surface area contributed by atoms with Crippen LogP contribution in [0.1, 0.15) is 19.8 Å². The van der Waals surface area contributed by atoms with Crippen LogP contribution in [0.25, 0.3) is 0 Å². The van der Waals surface area contributed by atoms with Crippen LogP contribution in [0.4, 0.5) is 5.69 Å². The molecule has 3 atom stereocenters. The number of nitrogens with zero attached hydrogens (tertiary/aromatic N) is 1. The standard InChI is InChI=1S/C17H22BrN3O2/c1-11-6-7-19-9-14(11)20-17(23)12-8-16(22)21(10-12)15-5-3-2-4-13(15)18/h2-5,11-12,14,19H,6-10H2,1H3,(H,20,23). The largest absolute Gasteiger partial charge is 0.352 e. The number of carbonyl (C=O) groups is 2. The molecule has 0 spiro atoms. The number of anilines is 1. The Balaban J connectivity index is 1.65. The van der Waals surface area contributed by atoms with Crippen molar-refractivity contribution in [1.82, 2.24) is 10.6 Å². The molecule has 2 aliphatic heterocycles. The average molecular weight is 380 g/mol. The van der Waals surface area contributed by atoms with Gasteiger partial charge < -0.3 is 15.5 Å². The van der Waals surface area contributed by atoms with Gasteiger partial charge in [-0.25, -0.2) is 0 Å². The molecule has 5 nitrogen and oxygen atoms in total. The van der Waals surface area contributed by atoms with Gasteiger partial charge in [0.1, 0.15) is 0 Å². The number of halogens is 1. The third-order valence-electron chi connectivity index (χ3n) is 4.79. The Labute approximate surface area is 144 Å². The molecule has 1 aromatic carbocycles. The molecular weight excluding hydrogens is 358 g/mol. The van der Waals surface area contributed by atoms with Crippen molar-refractivity contribution in [3.05, 3.63) is 28.7 Å². The average Bonchev–Trinajstić information content (AvgIpc) is 2.92. The smallest absolute Gasteiger partial charge is 0.227 e. The molecule has 0 radical (unpaired) electrons. The third kappa shape index (κ3) is 3.58. The first kappa shape index (κ1) is 16.5. The number of nitrogens with one attached hydrogen (secondary N) is 2. The summed E-state index contributed by atoms with van der Waals surface area (Å²) in [5.41, 5.74) is 0.834. The minimum Gasteiger partial charge on any atom is -0.352 e. The van der Waals surface area contributed by atoms with Crippen molar-refractivity contribution < 1.29 is 9.59 Å². The maximum absolute atomic E-state index is 12.5. The second-order valence-electron chi connectivity index (χ2n) is 6.44. The first-order chi connectivity index (χ1) is 11.1. The first-order valence-corrected chi connectivity index (χ1v) is 8.91. The van der Waals surface area contributed by atoms with Crippen LogP contribution < -0.4 is 15.5 Å². The van der Waals surface area contributed by atoms with Gasteiger partial charge in [0.25, 0.3) is 0 Å². The molecule has 6 heteroatoms. The van der Waals surface area contributed by atoms with E-state index in [0.717, 1.165) is 29.7 Å². The van der Waals surface area contributed by atoms with Crippen molar-refractivity contribution in [2.45, 2.75) is 25.8 Å². The molecule has 2 amide bonds. The number of piperidine rings is 1. The highest BCUT2D eigenvalue weighted by molar-refractivity contribution is 9.10. The molecule has 2 aliphatic rings. The molecule has 3 rings (SSSR count). The van der Waals surface area contributed by atoms with Crippen LogP contribution in [0.3, 0.4) is 0 Å². The minimum absolute atomic E-state index is 0.00606. The van der Waals surface area contributed by atoms with Gasteiger partial charge in [-0.2, -0.15) is 0 Å². The molecule has 2 fully saturated rings. The van der Waals surface area contributed by atoms with E-state index in [0.29, 0.717) is 12.5 Å². The molecule has 124 valence electrons. The van der Waals surface area contributed by atoms with Crippen molar-refractivity contribution in [2.24, 2.45) is 11.8 Å². The van der Waals surface area contributed by atoms with Crippen molar-refractivity contribution in [3.8, 4) is 0 Å². The van der Waals surface area contributed by atoms with Gasteiger partial charge in [0, 0.05) is 30.0 Å². The summed E-state index contributed by atoms with van der Waals surface area (Å²) in [6.07, 6.45) is 1.35. The number of hydrogen-bond acceptors (Lipinski definition) is 3. The SMILES string of the molecule is CC1CCNCC1NC(=O)C1CC(=O)N(c2ccccc2Br)C1. The Bertz CT molecular complexity index is 607. The Hall–Kier alpha value is -1.40. The van der Waals surface area contributed by atoms with Gasteiger partial charge in [-0.15, -0.1) is 0 Å². The molecule has 0 aliphatic carbocycles. The molecule has 3 unspecified atom stereocenters. The van der Waals surface area contributed by atoms with Crippen LogP contribution in [0.15, 0.2) is 28.7 Å². The van der Waals surface area contributed by atoms with Crippen LogP contribution in [0.2, 0.25) is 0 Å². The van der Waals surface area contributed by atoms with Crippen LogP contribution >= 0.6 is 15.9 Å². The summed E-state index contributed by atoms with van der Waals surface area (Å²) in [6, 6.07) is 7.77. The van der Waals surface area contributed by atoms with Gasteiger partial charge in [0.05, 0.1) is 11.6 Å². The number of carbonyl (C=O) groups excluding carboxylic acids is 2. The number of para-hydroxylation sites is 1. The summed E-state index contributed by atoms with van der Waals surface area (Å²) in [5, 5.41) is 6.44. The molecule has 0 bridgehead atoms. The number of benzene rings is 1. The summed E-state index contributed by atoms with van der Waals surface area (Å²) in [4.78, 5) is 26.6. The van der Waals surface area contributed by atoms with Gasteiger partial charge in [0.15, 0.2) is 0 Å². The maximum atomic E-state index is 12.5. The number of hydrogen-bond donors (Lipinski definition) is 2. The minimum atomic E-state index is -0.274. The van der Waals surface area contributed by atoms with E-state index in [4.69, 9.17) is 0 Å². The van der Waals surface area contributed by atoms with E-state index in [2.05, 4.69) is 33.5 Å². The highest BCUT2D eigenvalue weighted by Gasteiger charge is 2.37. The lowest BCUT2D eigenvalue weighted by Crippen LogP contribution is -2.51. The molecule has 0 aromatic heterocycles. The highest BCUT2D eigenvalue weighted by Crippen LogP contribution is 2.31. The molecule has 2 saturated heterocycles. The Morgan fingerprint density at radius 3 is 2.91 bits per heavy atom. The summed E-state index contributed by atoms with van der Waals surface area (Å²) in [5.74, 6) is 0.195. The lowest BCUT2D eigenvalue weighted by Gasteiger charge is -2.31. The van der Waals surface area contributed by atoms with Crippen molar-refractivity contribution in [3.63, 3.8) is 0 Å². The normalized spacial score (nSPS) is 28.0. The van der Waals surface area contributed by atoms with Crippen LogP contribution in [0.5, 0.6) is 0 Å². The molecule has 23 heavy (non-hydrogen) atoms. The molecule has 1 aromatic rings. The quantitative estimate of drug-likeness (QED) is 0.843. The van der Waals surface area contributed by atoms with Gasteiger partial charge in [-0.05, 0) is 46.9 Å². The summed E-state index contributed by atoms with van der Waals surface area (Å²) in [6.45, 7) is 4.42. The van der Waals surface area contributed by atoms with Gasteiger partial charge >= 0.3 is 0 Å². The van der Waals surface area contributed by atoms with E-state index in [-0.39, 0.29) is 30.2 Å². The predicted octanol–water partition coefficient (Wildman–Crippen LogP) is 1.92. The Kier molecular flexibility index (Phi) is 5.02. The zero-order valence-electron chi connectivity index (χ0n) is 13.2. The fourth-order valence-electron chi connectivity index (χ4n) is 3.27. The summed E-state index contributed by atoms with van der Waals surface area (Å²) in [7, 11) is 0. The van der Waals surface area contributed by atoms with E-state index in [1.807, 2.05) is 24.3 Å². The number of rotatable bonds is 3. The lowest BCUT2D eigenvalue weighted by atomic mass is 9.94. The maximum Gasteiger partial charge on any atom is 0.227 e. The summed E-state index contributed by atoms with van der Waals surface area (Å²) >= 11 is 3.48. The van der Waals surface area contributed by atoms with E-state index in [1.165, 1.54) is 0 Å². The highest BCUT2D eigenvalue weighted by atomic mass is 79.9. The molecule has 2 N–H and O–H groups in total. The fraction of sp³-hybridized carbons (Fsp3) is 0.529. The monoisotopic (exact) mass is 379 g/mol.